The Balaban J connectivity index is 1.47. The zero-order chi connectivity index (χ0) is 13.6. The Bertz CT molecular complexity index is 631. The maximum Gasteiger partial charge on any atom is 0.191 e. The van der Waals surface area contributed by atoms with E-state index in [4.69, 9.17) is 0 Å². The van der Waals surface area contributed by atoms with Crippen LogP contribution in [0.4, 0.5) is 5.69 Å². The third kappa shape index (κ3) is 3.24. The summed E-state index contributed by atoms with van der Waals surface area (Å²) in [7, 11) is 0. The average Bonchev–Trinajstić information content (AvgIpc) is 3.15. The number of nitrogens with zero attached hydrogens (tertiary/aromatic N) is 2. The van der Waals surface area contributed by atoms with E-state index in [2.05, 4.69) is 32.6 Å². The number of rotatable bonds is 6. The van der Waals surface area contributed by atoms with Crippen LogP contribution in [0.2, 0.25) is 0 Å². The van der Waals surface area contributed by atoms with Crippen molar-refractivity contribution in [3.8, 4) is 10.7 Å². The van der Waals surface area contributed by atoms with Crippen molar-refractivity contribution in [2.45, 2.75) is 12.8 Å². The van der Waals surface area contributed by atoms with Crippen LogP contribution in [0.15, 0.2) is 47.8 Å². The second-order valence-electron chi connectivity index (χ2n) is 4.48. The highest BCUT2D eigenvalue weighted by Crippen LogP contribution is 2.20. The summed E-state index contributed by atoms with van der Waals surface area (Å²) >= 11 is 1.66. The van der Waals surface area contributed by atoms with Crippen molar-refractivity contribution in [3.63, 3.8) is 0 Å². The highest BCUT2D eigenvalue weighted by atomic mass is 32.1. The molecule has 0 aliphatic rings. The lowest BCUT2D eigenvalue weighted by atomic mass is 10.2. The number of aromatic amines is 1. The Morgan fingerprint density at radius 3 is 2.80 bits per heavy atom. The zero-order valence-electron chi connectivity index (χ0n) is 11.0. The van der Waals surface area contributed by atoms with Gasteiger partial charge in [0.2, 0.25) is 0 Å². The third-order valence-electron chi connectivity index (χ3n) is 2.97. The fraction of sp³-hybridized carbons (Fsp3) is 0.200. The van der Waals surface area contributed by atoms with E-state index in [1.54, 1.807) is 11.3 Å². The van der Waals surface area contributed by atoms with Crippen LogP contribution < -0.4 is 5.32 Å². The Labute approximate surface area is 121 Å². The second kappa shape index (κ2) is 6.34. The van der Waals surface area contributed by atoms with Gasteiger partial charge in [0.25, 0.3) is 0 Å². The van der Waals surface area contributed by atoms with Crippen LogP contribution in [0.5, 0.6) is 0 Å². The van der Waals surface area contributed by atoms with E-state index in [9.17, 15) is 0 Å². The van der Waals surface area contributed by atoms with Gasteiger partial charge in [-0.3, -0.25) is 5.10 Å². The molecule has 0 saturated heterocycles. The number of aromatic nitrogens is 3. The van der Waals surface area contributed by atoms with Crippen molar-refractivity contribution in [2.24, 2.45) is 0 Å². The van der Waals surface area contributed by atoms with Gasteiger partial charge in [0.05, 0.1) is 4.88 Å². The van der Waals surface area contributed by atoms with Gasteiger partial charge < -0.3 is 5.32 Å². The van der Waals surface area contributed by atoms with Gasteiger partial charge in [-0.05, 0) is 30.0 Å². The molecule has 4 nitrogen and oxygen atoms in total. The molecular formula is C15H16N4S. The summed E-state index contributed by atoms with van der Waals surface area (Å²) in [5.41, 5.74) is 1.16. The molecule has 0 unspecified atom stereocenters. The number of para-hydroxylation sites is 1. The van der Waals surface area contributed by atoms with Crippen molar-refractivity contribution < 1.29 is 0 Å². The lowest BCUT2D eigenvalue weighted by Crippen LogP contribution is -2.03. The van der Waals surface area contributed by atoms with Gasteiger partial charge >= 0.3 is 0 Å². The predicted octanol–water partition coefficient (Wildman–Crippen LogP) is 3.58. The molecule has 3 rings (SSSR count). The number of nitrogens with one attached hydrogen (secondary N) is 2. The van der Waals surface area contributed by atoms with Crippen molar-refractivity contribution in [1.29, 1.82) is 0 Å². The number of thiophene rings is 1. The average molecular weight is 284 g/mol. The molecule has 0 aliphatic carbocycles. The van der Waals surface area contributed by atoms with Crippen molar-refractivity contribution in [3.05, 3.63) is 53.7 Å². The molecule has 0 spiro atoms. The van der Waals surface area contributed by atoms with Crippen LogP contribution in [-0.2, 0) is 6.42 Å². The number of hydrogen-bond acceptors (Lipinski definition) is 4. The van der Waals surface area contributed by atoms with E-state index in [1.165, 1.54) is 0 Å². The summed E-state index contributed by atoms with van der Waals surface area (Å²) in [6, 6.07) is 14.3. The number of hydrogen-bond donors (Lipinski definition) is 2. The van der Waals surface area contributed by atoms with E-state index < -0.39 is 0 Å². The molecule has 2 aromatic heterocycles. The maximum absolute atomic E-state index is 4.51. The van der Waals surface area contributed by atoms with E-state index in [-0.39, 0.29) is 0 Å². The topological polar surface area (TPSA) is 53.6 Å². The Morgan fingerprint density at radius 1 is 1.10 bits per heavy atom. The summed E-state index contributed by atoms with van der Waals surface area (Å²) in [6.45, 7) is 0.930. The van der Waals surface area contributed by atoms with Crippen LogP contribution in [-0.4, -0.2) is 21.7 Å². The van der Waals surface area contributed by atoms with E-state index in [0.717, 1.165) is 41.6 Å². The van der Waals surface area contributed by atoms with Gasteiger partial charge in [-0.1, -0.05) is 24.3 Å². The molecule has 0 saturated carbocycles. The summed E-state index contributed by atoms with van der Waals surface area (Å²) in [5, 5.41) is 12.7. The SMILES string of the molecule is c1ccc(NCCCc2nc(-c3cccs3)n[nH]2)cc1. The summed E-state index contributed by atoms with van der Waals surface area (Å²) < 4.78 is 0. The number of aryl methyl sites for hydroxylation is 1. The minimum absolute atomic E-state index is 0.797. The molecule has 20 heavy (non-hydrogen) atoms. The second-order valence-corrected chi connectivity index (χ2v) is 5.43. The summed E-state index contributed by atoms with van der Waals surface area (Å²) in [4.78, 5) is 5.62. The van der Waals surface area contributed by atoms with Gasteiger partial charge in [0.1, 0.15) is 5.82 Å². The molecule has 2 N–H and O–H groups in total. The van der Waals surface area contributed by atoms with Crippen molar-refractivity contribution in [2.75, 3.05) is 11.9 Å². The van der Waals surface area contributed by atoms with Crippen molar-refractivity contribution in [1.82, 2.24) is 15.2 Å². The van der Waals surface area contributed by atoms with Gasteiger partial charge in [-0.15, -0.1) is 11.3 Å². The molecule has 0 amide bonds. The molecule has 1 aromatic carbocycles. The maximum atomic E-state index is 4.51. The Hall–Kier alpha value is -2.14. The molecule has 2 heterocycles. The Morgan fingerprint density at radius 2 is 2.00 bits per heavy atom. The fourth-order valence-electron chi connectivity index (χ4n) is 1.97. The third-order valence-corrected chi connectivity index (χ3v) is 3.83. The van der Waals surface area contributed by atoms with E-state index in [1.807, 2.05) is 35.7 Å². The number of anilines is 1. The quantitative estimate of drug-likeness (QED) is 0.680. The summed E-state index contributed by atoms with van der Waals surface area (Å²) in [5.74, 6) is 1.74. The van der Waals surface area contributed by atoms with Gasteiger partial charge in [-0.2, -0.15) is 5.10 Å². The molecule has 0 bridgehead atoms. The van der Waals surface area contributed by atoms with Crippen molar-refractivity contribution >= 4 is 17.0 Å². The number of H-pyrrole nitrogens is 1. The van der Waals surface area contributed by atoms with Gasteiger partial charge in [0, 0.05) is 18.7 Å². The first-order valence-electron chi connectivity index (χ1n) is 6.66. The lowest BCUT2D eigenvalue weighted by Gasteiger charge is -2.04. The van der Waals surface area contributed by atoms with Gasteiger partial charge in [0.15, 0.2) is 5.82 Å². The molecule has 0 aliphatic heterocycles. The molecule has 3 aromatic rings. The van der Waals surface area contributed by atoms with E-state index in [0.29, 0.717) is 0 Å². The molecular weight excluding hydrogens is 268 g/mol. The lowest BCUT2D eigenvalue weighted by molar-refractivity contribution is 0.806. The van der Waals surface area contributed by atoms with E-state index >= 15 is 0 Å². The number of benzene rings is 1. The first-order chi connectivity index (χ1) is 9.92. The zero-order valence-corrected chi connectivity index (χ0v) is 11.9. The molecule has 5 heteroatoms. The van der Waals surface area contributed by atoms with Crippen LogP contribution in [0.3, 0.4) is 0 Å². The molecule has 0 fully saturated rings. The molecule has 0 atom stereocenters. The Kier molecular flexibility index (Phi) is 4.08. The largest absolute Gasteiger partial charge is 0.385 e. The van der Waals surface area contributed by atoms with Crippen LogP contribution >= 0.6 is 11.3 Å². The predicted molar refractivity (Wildman–Crippen MR) is 82.9 cm³/mol. The van der Waals surface area contributed by atoms with Crippen LogP contribution in [0, 0.1) is 0 Å². The van der Waals surface area contributed by atoms with Crippen LogP contribution in [0.1, 0.15) is 12.2 Å². The standard InChI is InChI=1S/C15H16N4S/c1-2-6-12(7-3-1)16-10-4-9-14-17-15(19-18-14)13-8-5-11-20-13/h1-3,5-8,11,16H,4,9-10H2,(H,17,18,19). The minimum Gasteiger partial charge on any atom is -0.385 e. The smallest absolute Gasteiger partial charge is 0.191 e. The molecule has 102 valence electrons. The minimum atomic E-state index is 0.797. The first-order valence-corrected chi connectivity index (χ1v) is 7.54. The summed E-state index contributed by atoms with van der Waals surface area (Å²) in [6.07, 6.45) is 1.92. The van der Waals surface area contributed by atoms with Gasteiger partial charge in [-0.25, -0.2) is 4.98 Å². The highest BCUT2D eigenvalue weighted by molar-refractivity contribution is 7.13. The first kappa shape index (κ1) is 12.9. The normalized spacial score (nSPS) is 10.6. The molecule has 0 radical (unpaired) electrons. The highest BCUT2D eigenvalue weighted by Gasteiger charge is 2.06. The monoisotopic (exact) mass is 284 g/mol. The fourth-order valence-corrected chi connectivity index (χ4v) is 2.63. The van der Waals surface area contributed by atoms with Crippen LogP contribution in [0.25, 0.3) is 10.7 Å².